The Hall–Kier alpha value is -4.33. The van der Waals surface area contributed by atoms with E-state index in [0.717, 1.165) is 24.4 Å². The quantitative estimate of drug-likeness (QED) is 0.382. The molecule has 0 aliphatic carbocycles. The number of hydrogen-bond donors (Lipinski definition) is 2. The fraction of sp³-hybridized carbons (Fsp3) is 0.192. The van der Waals surface area contributed by atoms with Crippen molar-refractivity contribution in [1.82, 2.24) is 9.66 Å². The number of carboxylic acid groups (broad SMARTS) is 2. The highest BCUT2D eigenvalue weighted by Gasteiger charge is 2.14. The lowest BCUT2D eigenvalue weighted by Gasteiger charge is -2.26. The Labute approximate surface area is 197 Å². The molecule has 0 bridgehead atoms. The normalized spacial score (nSPS) is 10.3. The molecule has 0 aliphatic rings. The van der Waals surface area contributed by atoms with E-state index in [0.29, 0.717) is 6.61 Å². The number of aromatic nitrogens is 2. The summed E-state index contributed by atoms with van der Waals surface area (Å²) < 4.78 is 8.27. The van der Waals surface area contributed by atoms with Gasteiger partial charge in [-0.15, -0.1) is 0 Å². The molecule has 2 aromatic heterocycles. The number of rotatable bonds is 7. The van der Waals surface area contributed by atoms with Crippen molar-refractivity contribution in [3.05, 3.63) is 90.4 Å². The fourth-order valence-corrected chi connectivity index (χ4v) is 3.47. The SMILES string of the molecule is CCCN(c1ccncc1)n1cc(C)c2cc(OCc3ccccc3)ccc21.O=C(O)C(=O)O. The Morgan fingerprint density at radius 3 is 2.29 bits per heavy atom. The minimum atomic E-state index is -1.82. The Balaban J connectivity index is 0.000000481. The number of hydrogen-bond acceptors (Lipinski definition) is 5. The lowest BCUT2D eigenvalue weighted by Crippen LogP contribution is -2.29. The average molecular weight is 462 g/mol. The van der Waals surface area contributed by atoms with Gasteiger partial charge in [0.05, 0.1) is 11.2 Å². The molecule has 0 fully saturated rings. The van der Waals surface area contributed by atoms with E-state index in [2.05, 4.69) is 65.0 Å². The second-order valence-electron chi connectivity index (χ2n) is 7.55. The number of aryl methyl sites for hydroxylation is 1. The van der Waals surface area contributed by atoms with Crippen LogP contribution in [0.15, 0.2) is 79.3 Å². The topological polar surface area (TPSA) is 105 Å². The van der Waals surface area contributed by atoms with Crippen LogP contribution in [0.4, 0.5) is 5.69 Å². The first-order chi connectivity index (χ1) is 16.4. The molecule has 0 spiro atoms. The van der Waals surface area contributed by atoms with Gasteiger partial charge in [-0.3, -0.25) is 14.7 Å². The van der Waals surface area contributed by atoms with Crippen molar-refractivity contribution in [3.8, 4) is 5.75 Å². The van der Waals surface area contributed by atoms with Crippen molar-refractivity contribution < 1.29 is 24.5 Å². The van der Waals surface area contributed by atoms with Gasteiger partial charge in [0.1, 0.15) is 12.4 Å². The standard InChI is InChI=1S/C24H25N3O.C2H2O4/c1-3-15-26(21-11-13-25-14-12-21)27-17-19(2)23-16-22(9-10-24(23)27)28-18-20-7-5-4-6-8-20;3-1(4)2(5)6/h4-14,16-17H,3,15,18H2,1-2H3;(H,3,4)(H,5,6). The number of nitrogens with zero attached hydrogens (tertiary/aromatic N) is 3. The third kappa shape index (κ3) is 6.13. The van der Waals surface area contributed by atoms with Crippen LogP contribution in [-0.4, -0.2) is 38.4 Å². The maximum absolute atomic E-state index is 9.10. The van der Waals surface area contributed by atoms with Crippen LogP contribution >= 0.6 is 0 Å². The van der Waals surface area contributed by atoms with Crippen LogP contribution in [0.25, 0.3) is 10.9 Å². The molecule has 2 aromatic carbocycles. The van der Waals surface area contributed by atoms with Gasteiger partial charge in [0.15, 0.2) is 0 Å². The Kier molecular flexibility index (Phi) is 8.23. The molecule has 0 radical (unpaired) electrons. The molecule has 0 unspecified atom stereocenters. The van der Waals surface area contributed by atoms with Crippen LogP contribution in [0.1, 0.15) is 24.5 Å². The van der Waals surface area contributed by atoms with Crippen molar-refractivity contribution in [2.45, 2.75) is 26.9 Å². The number of carboxylic acids is 2. The van der Waals surface area contributed by atoms with E-state index in [1.807, 2.05) is 42.7 Å². The summed E-state index contributed by atoms with van der Waals surface area (Å²) >= 11 is 0. The summed E-state index contributed by atoms with van der Waals surface area (Å²) in [5, 5.41) is 18.3. The van der Waals surface area contributed by atoms with E-state index >= 15 is 0 Å². The summed E-state index contributed by atoms with van der Waals surface area (Å²) in [7, 11) is 0. The van der Waals surface area contributed by atoms with Gasteiger partial charge in [-0.05, 0) is 54.8 Å². The summed E-state index contributed by atoms with van der Waals surface area (Å²) in [6, 6.07) is 20.7. The summed E-state index contributed by atoms with van der Waals surface area (Å²) in [4.78, 5) is 22.4. The van der Waals surface area contributed by atoms with Crippen molar-refractivity contribution in [2.24, 2.45) is 0 Å². The minimum Gasteiger partial charge on any atom is -0.489 e. The number of anilines is 1. The smallest absolute Gasteiger partial charge is 0.414 e. The van der Waals surface area contributed by atoms with Gasteiger partial charge in [-0.2, -0.15) is 0 Å². The van der Waals surface area contributed by atoms with Crippen LogP contribution in [0.5, 0.6) is 5.75 Å². The van der Waals surface area contributed by atoms with Crippen LogP contribution in [0.3, 0.4) is 0 Å². The maximum atomic E-state index is 9.10. The maximum Gasteiger partial charge on any atom is 0.414 e. The van der Waals surface area contributed by atoms with Gasteiger partial charge >= 0.3 is 11.9 Å². The first-order valence-electron chi connectivity index (χ1n) is 10.8. The van der Waals surface area contributed by atoms with E-state index < -0.39 is 11.9 Å². The molecular weight excluding hydrogens is 434 g/mol. The zero-order chi connectivity index (χ0) is 24.5. The highest BCUT2D eigenvalue weighted by Crippen LogP contribution is 2.28. The van der Waals surface area contributed by atoms with E-state index in [4.69, 9.17) is 24.5 Å². The molecule has 176 valence electrons. The predicted octanol–water partition coefficient (Wildman–Crippen LogP) is 4.76. The molecule has 2 N–H and O–H groups in total. The first-order valence-corrected chi connectivity index (χ1v) is 10.8. The molecule has 8 heteroatoms. The van der Waals surface area contributed by atoms with Gasteiger partial charge in [0, 0.05) is 30.5 Å². The van der Waals surface area contributed by atoms with Gasteiger partial charge in [-0.1, -0.05) is 37.3 Å². The molecular formula is C26H27N3O5. The van der Waals surface area contributed by atoms with E-state index in [1.165, 1.54) is 22.0 Å². The molecule has 8 nitrogen and oxygen atoms in total. The average Bonchev–Trinajstić information content (AvgIpc) is 3.18. The van der Waals surface area contributed by atoms with Gasteiger partial charge in [0.2, 0.25) is 0 Å². The Morgan fingerprint density at radius 2 is 1.68 bits per heavy atom. The van der Waals surface area contributed by atoms with Crippen LogP contribution in [0, 0.1) is 6.92 Å². The molecule has 0 saturated heterocycles. The summed E-state index contributed by atoms with van der Waals surface area (Å²) in [5.74, 6) is -2.76. The zero-order valence-electron chi connectivity index (χ0n) is 19.1. The highest BCUT2D eigenvalue weighted by molar-refractivity contribution is 6.27. The van der Waals surface area contributed by atoms with Crippen molar-refractivity contribution in [3.63, 3.8) is 0 Å². The van der Waals surface area contributed by atoms with Crippen molar-refractivity contribution >= 4 is 28.5 Å². The van der Waals surface area contributed by atoms with Crippen molar-refractivity contribution in [1.29, 1.82) is 0 Å². The number of benzene rings is 2. The minimum absolute atomic E-state index is 0.574. The van der Waals surface area contributed by atoms with Crippen LogP contribution in [0.2, 0.25) is 0 Å². The molecule has 34 heavy (non-hydrogen) atoms. The number of ether oxygens (including phenoxy) is 1. The molecule has 0 atom stereocenters. The Morgan fingerprint density at radius 1 is 1.00 bits per heavy atom. The second-order valence-corrected chi connectivity index (χ2v) is 7.55. The third-order valence-electron chi connectivity index (χ3n) is 5.04. The fourth-order valence-electron chi connectivity index (χ4n) is 3.47. The lowest BCUT2D eigenvalue weighted by molar-refractivity contribution is -0.159. The van der Waals surface area contributed by atoms with Crippen molar-refractivity contribution in [2.75, 3.05) is 11.6 Å². The number of fused-ring (bicyclic) bond motifs is 1. The van der Waals surface area contributed by atoms with Gasteiger partial charge in [-0.25, -0.2) is 9.59 Å². The Bertz CT molecular complexity index is 1230. The van der Waals surface area contributed by atoms with Crippen LogP contribution in [-0.2, 0) is 16.2 Å². The van der Waals surface area contributed by atoms with Crippen LogP contribution < -0.4 is 9.75 Å². The highest BCUT2D eigenvalue weighted by atomic mass is 16.5. The van der Waals surface area contributed by atoms with E-state index in [-0.39, 0.29) is 0 Å². The van der Waals surface area contributed by atoms with Gasteiger partial charge < -0.3 is 14.9 Å². The van der Waals surface area contributed by atoms with Gasteiger partial charge in [0.25, 0.3) is 0 Å². The molecule has 0 amide bonds. The summed E-state index contributed by atoms with van der Waals surface area (Å²) in [6.07, 6.45) is 6.93. The van der Waals surface area contributed by atoms with E-state index in [9.17, 15) is 0 Å². The number of carbonyl (C=O) groups is 2. The molecule has 0 saturated carbocycles. The number of aliphatic carboxylic acids is 2. The molecule has 2 heterocycles. The summed E-state index contributed by atoms with van der Waals surface area (Å²) in [5.41, 5.74) is 4.71. The molecule has 4 rings (SSSR count). The largest absolute Gasteiger partial charge is 0.489 e. The molecule has 0 aliphatic heterocycles. The summed E-state index contributed by atoms with van der Waals surface area (Å²) in [6.45, 7) is 5.85. The second kappa shape index (κ2) is 11.5. The molecule has 4 aromatic rings. The third-order valence-corrected chi connectivity index (χ3v) is 5.04. The lowest BCUT2D eigenvalue weighted by atomic mass is 10.2. The predicted molar refractivity (Wildman–Crippen MR) is 130 cm³/mol. The number of pyridine rings is 1. The van der Waals surface area contributed by atoms with E-state index in [1.54, 1.807) is 0 Å². The zero-order valence-corrected chi connectivity index (χ0v) is 19.1. The monoisotopic (exact) mass is 461 g/mol. The first kappa shape index (κ1) is 24.3.